The first-order valence-corrected chi connectivity index (χ1v) is 6.22. The van der Waals surface area contributed by atoms with E-state index in [1.165, 1.54) is 6.07 Å². The molecule has 92 valence electrons. The first-order chi connectivity index (χ1) is 8.56. The van der Waals surface area contributed by atoms with E-state index in [1.807, 2.05) is 25.1 Å². The van der Waals surface area contributed by atoms with E-state index >= 15 is 0 Å². The number of nitrogens with one attached hydrogen (secondary N) is 1. The number of anilines is 1. The number of amides is 1. The maximum absolute atomic E-state index is 12.0. The topological polar surface area (TPSA) is 49.3 Å². The van der Waals surface area contributed by atoms with Gasteiger partial charge in [-0.25, -0.2) is 0 Å². The molecule has 2 aromatic carbocycles. The van der Waals surface area contributed by atoms with Crippen molar-refractivity contribution in [2.24, 2.45) is 0 Å². The zero-order chi connectivity index (χ0) is 13.1. The van der Waals surface area contributed by atoms with Gasteiger partial charge in [0.15, 0.2) is 0 Å². The predicted molar refractivity (Wildman–Crippen MR) is 74.9 cm³/mol. The largest absolute Gasteiger partial charge is 0.507 e. The number of carbonyl (C=O) groups excluding carboxylic acids is 1. The molecule has 18 heavy (non-hydrogen) atoms. The van der Waals surface area contributed by atoms with Crippen molar-refractivity contribution in [3.05, 3.63) is 58.1 Å². The van der Waals surface area contributed by atoms with Crippen molar-refractivity contribution >= 4 is 27.5 Å². The summed E-state index contributed by atoms with van der Waals surface area (Å²) in [6.07, 6.45) is 0. The minimum Gasteiger partial charge on any atom is -0.507 e. The van der Waals surface area contributed by atoms with Gasteiger partial charge in [-0.15, -0.1) is 0 Å². The summed E-state index contributed by atoms with van der Waals surface area (Å²) >= 11 is 3.37. The summed E-state index contributed by atoms with van der Waals surface area (Å²) < 4.78 is 0.898. The lowest BCUT2D eigenvalue weighted by Crippen LogP contribution is -2.12. The predicted octanol–water partition coefficient (Wildman–Crippen LogP) is 3.72. The first-order valence-electron chi connectivity index (χ1n) is 5.43. The zero-order valence-electron chi connectivity index (χ0n) is 9.77. The third kappa shape index (κ3) is 2.90. The standard InChI is InChI=1S/C14H12BrNO2/c1-9-6-10(15)8-11(7-9)16-14(18)12-4-2-3-5-13(12)17/h2-8,17H,1H3,(H,16,18). The van der Waals surface area contributed by atoms with Gasteiger partial charge in [0.25, 0.3) is 5.91 Å². The molecule has 0 radical (unpaired) electrons. The number of hydrogen-bond donors (Lipinski definition) is 2. The minimum absolute atomic E-state index is 0.0262. The third-order valence-electron chi connectivity index (χ3n) is 2.45. The van der Waals surface area contributed by atoms with Crippen LogP contribution in [0.25, 0.3) is 0 Å². The number of rotatable bonds is 2. The molecule has 2 rings (SSSR count). The Morgan fingerprint density at radius 2 is 1.94 bits per heavy atom. The molecule has 0 heterocycles. The summed E-state index contributed by atoms with van der Waals surface area (Å²) in [7, 11) is 0. The number of halogens is 1. The number of aryl methyl sites for hydroxylation is 1. The molecular formula is C14H12BrNO2. The van der Waals surface area contributed by atoms with Crippen molar-refractivity contribution in [3.63, 3.8) is 0 Å². The molecule has 3 nitrogen and oxygen atoms in total. The molecule has 0 saturated heterocycles. The Hall–Kier alpha value is -1.81. The lowest BCUT2D eigenvalue weighted by Gasteiger charge is -2.08. The van der Waals surface area contributed by atoms with Gasteiger partial charge < -0.3 is 10.4 Å². The number of benzene rings is 2. The molecule has 0 bridgehead atoms. The van der Waals surface area contributed by atoms with E-state index in [0.717, 1.165) is 10.0 Å². The molecule has 2 N–H and O–H groups in total. The van der Waals surface area contributed by atoms with Crippen LogP contribution < -0.4 is 5.32 Å². The fraction of sp³-hybridized carbons (Fsp3) is 0.0714. The van der Waals surface area contributed by atoms with Gasteiger partial charge in [0.1, 0.15) is 5.75 Å². The smallest absolute Gasteiger partial charge is 0.259 e. The van der Waals surface area contributed by atoms with Crippen molar-refractivity contribution in [2.45, 2.75) is 6.92 Å². The molecular weight excluding hydrogens is 294 g/mol. The molecule has 4 heteroatoms. The van der Waals surface area contributed by atoms with Crippen LogP contribution in [0.3, 0.4) is 0 Å². The maximum atomic E-state index is 12.0. The third-order valence-corrected chi connectivity index (χ3v) is 2.91. The van der Waals surface area contributed by atoms with Gasteiger partial charge in [0, 0.05) is 10.2 Å². The Morgan fingerprint density at radius 1 is 1.22 bits per heavy atom. The number of phenolic OH excluding ortho intramolecular Hbond substituents is 1. The van der Waals surface area contributed by atoms with Crippen molar-refractivity contribution in [2.75, 3.05) is 5.32 Å². The fourth-order valence-corrected chi connectivity index (χ4v) is 2.28. The van der Waals surface area contributed by atoms with E-state index in [9.17, 15) is 9.90 Å². The Labute approximate surface area is 114 Å². The molecule has 1 amide bonds. The van der Waals surface area contributed by atoms with E-state index in [2.05, 4.69) is 21.2 Å². The second-order valence-electron chi connectivity index (χ2n) is 3.99. The van der Waals surface area contributed by atoms with Gasteiger partial charge in [0.2, 0.25) is 0 Å². The van der Waals surface area contributed by atoms with Gasteiger partial charge in [-0.3, -0.25) is 4.79 Å². The number of para-hydroxylation sites is 1. The van der Waals surface area contributed by atoms with Crippen LogP contribution in [-0.2, 0) is 0 Å². The molecule has 0 aliphatic carbocycles. The maximum Gasteiger partial charge on any atom is 0.259 e. The molecule has 0 unspecified atom stereocenters. The summed E-state index contributed by atoms with van der Waals surface area (Å²) in [6, 6.07) is 12.1. The van der Waals surface area contributed by atoms with E-state index < -0.39 is 0 Å². The molecule has 0 aliphatic heterocycles. The summed E-state index contributed by atoms with van der Waals surface area (Å²) in [4.78, 5) is 12.0. The van der Waals surface area contributed by atoms with Crippen LogP contribution in [0.4, 0.5) is 5.69 Å². The molecule has 0 aromatic heterocycles. The normalized spacial score (nSPS) is 10.1. The molecule has 0 aliphatic rings. The van der Waals surface area contributed by atoms with Gasteiger partial charge in [-0.2, -0.15) is 0 Å². The summed E-state index contributed by atoms with van der Waals surface area (Å²) in [5, 5.41) is 12.3. The molecule has 2 aromatic rings. The fourth-order valence-electron chi connectivity index (χ4n) is 1.67. The average molecular weight is 306 g/mol. The van der Waals surface area contributed by atoms with E-state index in [0.29, 0.717) is 5.69 Å². The number of carbonyl (C=O) groups is 1. The lowest BCUT2D eigenvalue weighted by molar-refractivity contribution is 0.102. The van der Waals surface area contributed by atoms with Crippen molar-refractivity contribution in [1.82, 2.24) is 0 Å². The van der Waals surface area contributed by atoms with Crippen LogP contribution in [0.15, 0.2) is 46.9 Å². The molecule has 0 spiro atoms. The highest BCUT2D eigenvalue weighted by Crippen LogP contribution is 2.21. The van der Waals surface area contributed by atoms with Crippen LogP contribution in [0.2, 0.25) is 0 Å². The first kappa shape index (κ1) is 12.6. The van der Waals surface area contributed by atoms with Crippen LogP contribution in [0.5, 0.6) is 5.75 Å². The number of phenols is 1. The van der Waals surface area contributed by atoms with Crippen molar-refractivity contribution < 1.29 is 9.90 Å². The number of hydrogen-bond acceptors (Lipinski definition) is 2. The van der Waals surface area contributed by atoms with E-state index in [4.69, 9.17) is 0 Å². The van der Waals surface area contributed by atoms with Gasteiger partial charge in [-0.05, 0) is 42.8 Å². The van der Waals surface area contributed by atoms with Crippen LogP contribution in [-0.4, -0.2) is 11.0 Å². The van der Waals surface area contributed by atoms with Crippen LogP contribution in [0, 0.1) is 6.92 Å². The van der Waals surface area contributed by atoms with Gasteiger partial charge in [0.05, 0.1) is 5.56 Å². The van der Waals surface area contributed by atoms with E-state index in [-0.39, 0.29) is 17.2 Å². The Bertz CT molecular complexity index is 576. The van der Waals surface area contributed by atoms with Crippen LogP contribution >= 0.6 is 15.9 Å². The Morgan fingerprint density at radius 3 is 2.61 bits per heavy atom. The SMILES string of the molecule is Cc1cc(Br)cc(NC(=O)c2ccccc2O)c1. The highest BCUT2D eigenvalue weighted by atomic mass is 79.9. The van der Waals surface area contributed by atoms with Gasteiger partial charge in [-0.1, -0.05) is 28.1 Å². The van der Waals surface area contributed by atoms with Gasteiger partial charge >= 0.3 is 0 Å². The molecule has 0 atom stereocenters. The van der Waals surface area contributed by atoms with E-state index in [1.54, 1.807) is 18.2 Å². The van der Waals surface area contributed by atoms with Crippen molar-refractivity contribution in [3.8, 4) is 5.75 Å². The Kier molecular flexibility index (Phi) is 3.67. The summed E-state index contributed by atoms with van der Waals surface area (Å²) in [6.45, 7) is 1.94. The molecule has 0 saturated carbocycles. The summed E-state index contributed by atoms with van der Waals surface area (Å²) in [5.74, 6) is -0.354. The highest BCUT2D eigenvalue weighted by Gasteiger charge is 2.10. The number of aromatic hydroxyl groups is 1. The quantitative estimate of drug-likeness (QED) is 0.888. The second-order valence-corrected chi connectivity index (χ2v) is 4.90. The summed E-state index contributed by atoms with van der Waals surface area (Å²) in [5.41, 5.74) is 1.99. The second kappa shape index (κ2) is 5.23. The minimum atomic E-state index is -0.328. The Balaban J connectivity index is 2.24. The molecule has 0 fully saturated rings. The van der Waals surface area contributed by atoms with Crippen molar-refractivity contribution in [1.29, 1.82) is 0 Å². The average Bonchev–Trinajstić information content (AvgIpc) is 2.27. The lowest BCUT2D eigenvalue weighted by atomic mass is 10.1. The highest BCUT2D eigenvalue weighted by molar-refractivity contribution is 9.10. The zero-order valence-corrected chi connectivity index (χ0v) is 11.4. The van der Waals surface area contributed by atoms with Crippen LogP contribution in [0.1, 0.15) is 15.9 Å². The monoisotopic (exact) mass is 305 g/mol.